The summed E-state index contributed by atoms with van der Waals surface area (Å²) in [7, 11) is 1.56. The van der Waals surface area contributed by atoms with Crippen LogP contribution in [0.2, 0.25) is 0 Å². The number of hydrogen-bond acceptors (Lipinski definition) is 9. The molecule has 0 saturated carbocycles. The Morgan fingerprint density at radius 3 is 2.56 bits per heavy atom. The van der Waals surface area contributed by atoms with Crippen LogP contribution in [-0.4, -0.2) is 59.6 Å². The van der Waals surface area contributed by atoms with Crippen LogP contribution in [0.4, 0.5) is 17.3 Å². The molecule has 12 nitrogen and oxygen atoms in total. The Morgan fingerprint density at radius 1 is 0.900 bits per heavy atom. The monoisotopic (exact) mass is 685 g/mol. The number of aliphatic hydroxyl groups excluding tert-OH is 1. The predicted octanol–water partition coefficient (Wildman–Crippen LogP) is 5.94. The molecule has 13 heteroatoms. The van der Waals surface area contributed by atoms with Gasteiger partial charge in [0, 0.05) is 65.3 Å². The maximum atomic E-state index is 13.5. The molecule has 0 radical (unpaired) electrons. The van der Waals surface area contributed by atoms with Gasteiger partial charge in [-0.15, -0.1) is 12.4 Å². The fourth-order valence-corrected chi connectivity index (χ4v) is 5.62. The first kappa shape index (κ1) is 33.7. The fourth-order valence-electron chi connectivity index (χ4n) is 5.62. The first-order chi connectivity index (χ1) is 23.9. The van der Waals surface area contributed by atoms with Crippen LogP contribution in [0.5, 0.6) is 0 Å². The second-order valence-electron chi connectivity index (χ2n) is 11.4. The highest BCUT2D eigenvalue weighted by Gasteiger charge is 2.23. The minimum atomic E-state index is -1.45. The standard InChI is InChI=1S/C37H31N9O3.ClH/c1-22-10-12-26(19-29(22)45-37-41-17-14-28(44-37)25-8-4-15-39-20-25)42-36(49)32(47)21-46-31-13-11-24(35(48)38-2)18-30(31)43-34(46)27-9-3-6-23-7-5-16-40-33(23)27;/h3-20,32,47H,21H2,1-2H3,(H,38,48)(H,42,49)(H,41,44,45);1H/t32-;/m0./s1. The van der Waals surface area contributed by atoms with E-state index in [9.17, 15) is 14.7 Å². The van der Waals surface area contributed by atoms with Crippen LogP contribution in [0.15, 0.2) is 110 Å². The zero-order valence-electron chi connectivity index (χ0n) is 27.0. The van der Waals surface area contributed by atoms with Crippen molar-refractivity contribution in [1.29, 1.82) is 0 Å². The van der Waals surface area contributed by atoms with Crippen molar-refractivity contribution < 1.29 is 14.7 Å². The van der Waals surface area contributed by atoms with E-state index in [1.165, 1.54) is 0 Å². The van der Waals surface area contributed by atoms with Crippen molar-refractivity contribution in [1.82, 2.24) is 34.8 Å². The topological polar surface area (TPSA) is 160 Å². The Labute approximate surface area is 293 Å². The highest BCUT2D eigenvalue weighted by Crippen LogP contribution is 2.31. The summed E-state index contributed by atoms with van der Waals surface area (Å²) in [5, 5.41) is 20.9. The molecular weight excluding hydrogens is 654 g/mol. The van der Waals surface area contributed by atoms with Crippen LogP contribution < -0.4 is 16.0 Å². The average molecular weight is 686 g/mol. The zero-order valence-corrected chi connectivity index (χ0v) is 27.8. The number of aromatic nitrogens is 6. The normalized spacial score (nSPS) is 11.5. The molecule has 7 aromatic rings. The number of nitrogens with zero attached hydrogens (tertiary/aromatic N) is 6. The molecular formula is C37H32ClN9O3. The Hall–Kier alpha value is -6.24. The molecule has 4 heterocycles. The third kappa shape index (κ3) is 6.83. The minimum Gasteiger partial charge on any atom is -0.381 e. The lowest BCUT2D eigenvalue weighted by Gasteiger charge is -2.17. The lowest BCUT2D eigenvalue weighted by atomic mass is 10.1. The molecule has 0 saturated heterocycles. The van der Waals surface area contributed by atoms with Gasteiger partial charge in [0.15, 0.2) is 6.10 Å². The van der Waals surface area contributed by atoms with Gasteiger partial charge >= 0.3 is 0 Å². The number of aryl methyl sites for hydroxylation is 1. The minimum absolute atomic E-state index is 0. The molecule has 0 fully saturated rings. The van der Waals surface area contributed by atoms with E-state index in [-0.39, 0.29) is 24.9 Å². The molecule has 50 heavy (non-hydrogen) atoms. The lowest BCUT2D eigenvalue weighted by molar-refractivity contribution is -0.124. The molecule has 4 aromatic heterocycles. The van der Waals surface area contributed by atoms with E-state index in [0.717, 1.165) is 27.6 Å². The summed E-state index contributed by atoms with van der Waals surface area (Å²) < 4.78 is 1.78. The Balaban J connectivity index is 0.00000432. The van der Waals surface area contributed by atoms with E-state index in [4.69, 9.17) is 4.98 Å². The summed E-state index contributed by atoms with van der Waals surface area (Å²) in [6.07, 6.45) is 5.35. The molecule has 0 spiro atoms. The number of carbonyl (C=O) groups is 2. The van der Waals surface area contributed by atoms with Crippen LogP contribution in [0.25, 0.3) is 44.6 Å². The molecule has 0 unspecified atom stereocenters. The van der Waals surface area contributed by atoms with E-state index >= 15 is 0 Å². The average Bonchev–Trinajstić information content (AvgIpc) is 3.49. The number of para-hydroxylation sites is 1. The Bertz CT molecular complexity index is 2340. The van der Waals surface area contributed by atoms with Crippen molar-refractivity contribution in [2.45, 2.75) is 19.6 Å². The number of anilines is 3. The summed E-state index contributed by atoms with van der Waals surface area (Å²) in [5.41, 5.74) is 6.73. The van der Waals surface area contributed by atoms with Gasteiger partial charge in [0.25, 0.3) is 11.8 Å². The van der Waals surface area contributed by atoms with Crippen molar-refractivity contribution >= 4 is 63.5 Å². The number of nitrogens with one attached hydrogen (secondary N) is 3. The number of rotatable bonds is 9. The zero-order chi connectivity index (χ0) is 33.9. The molecule has 250 valence electrons. The molecule has 0 bridgehead atoms. The SMILES string of the molecule is CNC(=O)c1ccc2c(c1)nc(-c1cccc3cccnc13)n2C[C@H](O)C(=O)Nc1ccc(C)c(Nc2nccc(-c3cccnc3)n2)c1.Cl. The van der Waals surface area contributed by atoms with Crippen molar-refractivity contribution in [3.63, 3.8) is 0 Å². The Kier molecular flexibility index (Phi) is 9.75. The highest BCUT2D eigenvalue weighted by molar-refractivity contribution is 5.99. The Morgan fingerprint density at radius 2 is 1.74 bits per heavy atom. The molecule has 2 amide bonds. The second kappa shape index (κ2) is 14.5. The van der Waals surface area contributed by atoms with E-state index in [0.29, 0.717) is 45.4 Å². The smallest absolute Gasteiger partial charge is 0.255 e. The third-order valence-electron chi connectivity index (χ3n) is 8.13. The van der Waals surface area contributed by atoms with Crippen LogP contribution in [0.3, 0.4) is 0 Å². The quantitative estimate of drug-likeness (QED) is 0.144. The van der Waals surface area contributed by atoms with Gasteiger partial charge in [-0.1, -0.05) is 24.3 Å². The van der Waals surface area contributed by atoms with E-state index in [1.807, 2.05) is 55.5 Å². The van der Waals surface area contributed by atoms with Gasteiger partial charge in [-0.05, 0) is 73.2 Å². The molecule has 3 aromatic carbocycles. The van der Waals surface area contributed by atoms with Crippen molar-refractivity contribution in [3.8, 4) is 22.6 Å². The second-order valence-corrected chi connectivity index (χ2v) is 11.4. The number of carbonyl (C=O) groups excluding carboxylic acids is 2. The van der Waals surface area contributed by atoms with Gasteiger partial charge < -0.3 is 25.6 Å². The van der Waals surface area contributed by atoms with Crippen molar-refractivity contribution in [2.24, 2.45) is 0 Å². The molecule has 0 aliphatic heterocycles. The van der Waals surface area contributed by atoms with Gasteiger partial charge in [-0.2, -0.15) is 0 Å². The van der Waals surface area contributed by atoms with Crippen LogP contribution in [-0.2, 0) is 11.3 Å². The van der Waals surface area contributed by atoms with Gasteiger partial charge in [-0.25, -0.2) is 15.0 Å². The third-order valence-corrected chi connectivity index (χ3v) is 8.13. The van der Waals surface area contributed by atoms with Gasteiger partial charge in [0.2, 0.25) is 5.95 Å². The number of aliphatic hydroxyl groups is 1. The molecule has 0 aliphatic carbocycles. The summed E-state index contributed by atoms with van der Waals surface area (Å²) >= 11 is 0. The number of amides is 2. The van der Waals surface area contributed by atoms with E-state index < -0.39 is 12.0 Å². The molecule has 4 N–H and O–H groups in total. The summed E-state index contributed by atoms with van der Waals surface area (Å²) in [4.78, 5) is 48.4. The first-order valence-corrected chi connectivity index (χ1v) is 15.5. The van der Waals surface area contributed by atoms with Crippen LogP contribution in [0, 0.1) is 6.92 Å². The molecule has 0 aliphatic rings. The fraction of sp³-hybridized carbons (Fsp3) is 0.108. The number of imidazole rings is 1. The maximum absolute atomic E-state index is 13.5. The van der Waals surface area contributed by atoms with Crippen molar-refractivity contribution in [2.75, 3.05) is 17.7 Å². The van der Waals surface area contributed by atoms with E-state index in [2.05, 4.69) is 35.9 Å². The highest BCUT2D eigenvalue weighted by atomic mass is 35.5. The summed E-state index contributed by atoms with van der Waals surface area (Å²) in [5.74, 6) is 0.0462. The van der Waals surface area contributed by atoms with Gasteiger partial charge in [0.05, 0.1) is 28.8 Å². The number of fused-ring (bicyclic) bond motifs is 2. The number of benzene rings is 3. The summed E-state index contributed by atoms with van der Waals surface area (Å²) in [6, 6.07) is 25.7. The van der Waals surface area contributed by atoms with Gasteiger partial charge in [0.1, 0.15) is 5.82 Å². The predicted molar refractivity (Wildman–Crippen MR) is 195 cm³/mol. The van der Waals surface area contributed by atoms with Crippen LogP contribution in [0.1, 0.15) is 15.9 Å². The molecule has 7 rings (SSSR count). The van der Waals surface area contributed by atoms with Crippen molar-refractivity contribution in [3.05, 3.63) is 121 Å². The van der Waals surface area contributed by atoms with E-state index in [1.54, 1.807) is 72.8 Å². The number of halogens is 1. The lowest BCUT2D eigenvalue weighted by Crippen LogP contribution is -2.31. The summed E-state index contributed by atoms with van der Waals surface area (Å²) in [6.45, 7) is 1.82. The van der Waals surface area contributed by atoms with Crippen LogP contribution >= 0.6 is 12.4 Å². The number of pyridine rings is 2. The molecule has 1 atom stereocenters. The number of hydrogen-bond donors (Lipinski definition) is 4. The van der Waals surface area contributed by atoms with Gasteiger partial charge in [-0.3, -0.25) is 19.6 Å². The largest absolute Gasteiger partial charge is 0.381 e. The maximum Gasteiger partial charge on any atom is 0.255 e. The first-order valence-electron chi connectivity index (χ1n) is 15.5.